The lowest BCUT2D eigenvalue weighted by molar-refractivity contribution is -0.136. The van der Waals surface area contributed by atoms with Crippen LogP contribution in [0.5, 0.6) is 0 Å². The Labute approximate surface area is 154 Å². The number of carbonyl (C=O) groups is 2. The van der Waals surface area contributed by atoms with Gasteiger partial charge in [0, 0.05) is 18.7 Å². The molecule has 0 radical (unpaired) electrons. The fourth-order valence-corrected chi connectivity index (χ4v) is 4.35. The second-order valence-corrected chi connectivity index (χ2v) is 8.14. The van der Waals surface area contributed by atoms with E-state index >= 15 is 0 Å². The number of aromatic nitrogens is 2. The molecule has 2 rings (SSSR count). The van der Waals surface area contributed by atoms with Crippen molar-refractivity contribution in [2.24, 2.45) is 0 Å². The predicted octanol–water partition coefficient (Wildman–Crippen LogP) is 1.45. The molecule has 0 fully saturated rings. The standard InChI is InChI=1S/C15H18N4O5S2/c1-3-19(4-2)26(23,24)11-7-5-10(6-8-11)14(22)16-15-18-17-12(25-15)9-13(20)21/h5-8H,3-4,9H2,1-2H3,(H,20,21)(H,16,18,22). The number of hydrogen-bond acceptors (Lipinski definition) is 7. The topological polar surface area (TPSA) is 130 Å². The van der Waals surface area contributed by atoms with Crippen molar-refractivity contribution in [3.63, 3.8) is 0 Å². The molecule has 26 heavy (non-hydrogen) atoms. The highest BCUT2D eigenvalue weighted by atomic mass is 32.2. The fourth-order valence-electron chi connectivity index (χ4n) is 2.17. The highest BCUT2D eigenvalue weighted by Gasteiger charge is 2.21. The van der Waals surface area contributed by atoms with E-state index < -0.39 is 21.9 Å². The summed E-state index contributed by atoms with van der Waals surface area (Å²) in [5, 5.41) is 19.0. The van der Waals surface area contributed by atoms with Crippen molar-refractivity contribution in [3.05, 3.63) is 34.8 Å². The van der Waals surface area contributed by atoms with Gasteiger partial charge in [0.05, 0.1) is 11.3 Å². The molecule has 1 heterocycles. The van der Waals surface area contributed by atoms with Crippen LogP contribution in [-0.2, 0) is 21.2 Å². The average molecular weight is 398 g/mol. The van der Waals surface area contributed by atoms with Gasteiger partial charge in [-0.2, -0.15) is 4.31 Å². The van der Waals surface area contributed by atoms with Gasteiger partial charge in [0.15, 0.2) is 0 Å². The number of anilines is 1. The summed E-state index contributed by atoms with van der Waals surface area (Å²) in [6, 6.07) is 5.56. The molecule has 2 aromatic rings. The summed E-state index contributed by atoms with van der Waals surface area (Å²) in [5.74, 6) is -1.53. The minimum atomic E-state index is -3.59. The summed E-state index contributed by atoms with van der Waals surface area (Å²) in [6.45, 7) is 4.22. The number of benzene rings is 1. The van der Waals surface area contributed by atoms with E-state index in [0.29, 0.717) is 13.1 Å². The first-order chi connectivity index (χ1) is 12.3. The van der Waals surface area contributed by atoms with E-state index in [1.54, 1.807) is 13.8 Å². The van der Waals surface area contributed by atoms with Crippen LogP contribution in [0.15, 0.2) is 29.2 Å². The number of nitrogens with one attached hydrogen (secondary N) is 1. The van der Waals surface area contributed by atoms with Gasteiger partial charge in [-0.25, -0.2) is 8.42 Å². The summed E-state index contributed by atoms with van der Waals surface area (Å²) < 4.78 is 26.2. The lowest BCUT2D eigenvalue weighted by atomic mass is 10.2. The largest absolute Gasteiger partial charge is 0.481 e. The maximum absolute atomic E-state index is 12.4. The van der Waals surface area contributed by atoms with Gasteiger partial charge in [0.25, 0.3) is 5.91 Å². The molecule has 1 aromatic heterocycles. The monoisotopic (exact) mass is 398 g/mol. The van der Waals surface area contributed by atoms with Crippen LogP contribution in [0.4, 0.5) is 5.13 Å². The fraction of sp³-hybridized carbons (Fsp3) is 0.333. The molecule has 0 saturated carbocycles. The normalized spacial score (nSPS) is 11.5. The second-order valence-electron chi connectivity index (χ2n) is 5.14. The second kappa shape index (κ2) is 8.34. The first kappa shape index (κ1) is 19.9. The van der Waals surface area contributed by atoms with Crippen molar-refractivity contribution < 1.29 is 23.1 Å². The van der Waals surface area contributed by atoms with Crippen LogP contribution in [0.1, 0.15) is 29.2 Å². The van der Waals surface area contributed by atoms with Crippen LogP contribution in [0.2, 0.25) is 0 Å². The minimum absolute atomic E-state index is 0.109. The predicted molar refractivity (Wildman–Crippen MR) is 95.8 cm³/mol. The molecule has 140 valence electrons. The van der Waals surface area contributed by atoms with Crippen LogP contribution in [-0.4, -0.2) is 53.0 Å². The Bertz CT molecular complexity index is 889. The lowest BCUT2D eigenvalue weighted by Crippen LogP contribution is -2.30. The van der Waals surface area contributed by atoms with E-state index in [1.807, 2.05) is 0 Å². The minimum Gasteiger partial charge on any atom is -0.481 e. The van der Waals surface area contributed by atoms with Gasteiger partial charge >= 0.3 is 5.97 Å². The maximum Gasteiger partial charge on any atom is 0.310 e. The Hall–Kier alpha value is -2.37. The molecule has 2 N–H and O–H groups in total. The van der Waals surface area contributed by atoms with Crippen molar-refractivity contribution in [2.45, 2.75) is 25.2 Å². The summed E-state index contributed by atoms with van der Waals surface area (Å²) in [6.07, 6.45) is -0.272. The van der Waals surface area contributed by atoms with E-state index in [-0.39, 0.29) is 27.0 Å². The van der Waals surface area contributed by atoms with Gasteiger partial charge in [-0.1, -0.05) is 25.2 Å². The average Bonchev–Trinajstić information content (AvgIpc) is 3.02. The van der Waals surface area contributed by atoms with E-state index in [0.717, 1.165) is 11.3 Å². The third-order valence-electron chi connectivity index (χ3n) is 3.45. The molecule has 0 saturated heterocycles. The third-order valence-corrected chi connectivity index (χ3v) is 6.35. The molecule has 0 atom stereocenters. The maximum atomic E-state index is 12.4. The SMILES string of the molecule is CCN(CC)S(=O)(=O)c1ccc(C(=O)Nc2nnc(CC(=O)O)s2)cc1. The van der Waals surface area contributed by atoms with Crippen LogP contribution >= 0.6 is 11.3 Å². The van der Waals surface area contributed by atoms with Crippen molar-refractivity contribution in [2.75, 3.05) is 18.4 Å². The zero-order chi connectivity index (χ0) is 19.3. The van der Waals surface area contributed by atoms with Crippen molar-refractivity contribution in [1.82, 2.24) is 14.5 Å². The third kappa shape index (κ3) is 4.62. The zero-order valence-corrected chi connectivity index (χ0v) is 15.8. The molecule has 0 spiro atoms. The number of carboxylic acids is 1. The molecule has 0 aliphatic carbocycles. The Morgan fingerprint density at radius 3 is 2.31 bits per heavy atom. The number of hydrogen-bond donors (Lipinski definition) is 2. The molecular formula is C15H18N4O5S2. The van der Waals surface area contributed by atoms with E-state index in [2.05, 4.69) is 15.5 Å². The first-order valence-electron chi connectivity index (χ1n) is 7.73. The summed E-state index contributed by atoms with van der Waals surface area (Å²) in [4.78, 5) is 22.9. The Balaban J connectivity index is 2.11. The molecule has 0 bridgehead atoms. The van der Waals surface area contributed by atoms with Crippen molar-refractivity contribution in [1.29, 1.82) is 0 Å². The van der Waals surface area contributed by atoms with Gasteiger partial charge in [-0.05, 0) is 24.3 Å². The quantitative estimate of drug-likeness (QED) is 0.688. The summed E-state index contributed by atoms with van der Waals surface area (Å²) in [5.41, 5.74) is 0.249. The highest BCUT2D eigenvalue weighted by Crippen LogP contribution is 2.19. The van der Waals surface area contributed by atoms with Gasteiger partial charge in [0.1, 0.15) is 5.01 Å². The number of nitrogens with zero attached hydrogens (tertiary/aromatic N) is 3. The zero-order valence-electron chi connectivity index (χ0n) is 14.2. The summed E-state index contributed by atoms with van der Waals surface area (Å²) >= 11 is 0.964. The van der Waals surface area contributed by atoms with E-state index in [9.17, 15) is 18.0 Å². The Morgan fingerprint density at radius 2 is 1.77 bits per heavy atom. The van der Waals surface area contributed by atoms with Crippen LogP contribution < -0.4 is 5.32 Å². The smallest absolute Gasteiger partial charge is 0.310 e. The number of rotatable bonds is 8. The van der Waals surface area contributed by atoms with E-state index in [1.165, 1.54) is 28.6 Å². The number of aliphatic carboxylic acids is 1. The Morgan fingerprint density at radius 1 is 1.15 bits per heavy atom. The van der Waals surface area contributed by atoms with Crippen molar-refractivity contribution in [3.8, 4) is 0 Å². The van der Waals surface area contributed by atoms with Gasteiger partial charge in [-0.15, -0.1) is 10.2 Å². The van der Waals surface area contributed by atoms with Crippen LogP contribution in [0, 0.1) is 0 Å². The van der Waals surface area contributed by atoms with Gasteiger partial charge in [0.2, 0.25) is 15.2 Å². The Kier molecular flexibility index (Phi) is 6.40. The first-order valence-corrected chi connectivity index (χ1v) is 9.99. The highest BCUT2D eigenvalue weighted by molar-refractivity contribution is 7.89. The van der Waals surface area contributed by atoms with Crippen molar-refractivity contribution >= 4 is 38.4 Å². The number of sulfonamides is 1. The molecule has 1 amide bonds. The van der Waals surface area contributed by atoms with Crippen LogP contribution in [0.3, 0.4) is 0 Å². The van der Waals surface area contributed by atoms with Crippen LogP contribution in [0.25, 0.3) is 0 Å². The van der Waals surface area contributed by atoms with Gasteiger partial charge in [-0.3, -0.25) is 14.9 Å². The number of amides is 1. The molecule has 0 aliphatic heterocycles. The molecule has 1 aromatic carbocycles. The number of carboxylic acid groups (broad SMARTS) is 1. The molecular weight excluding hydrogens is 380 g/mol. The molecule has 9 nitrogen and oxygen atoms in total. The van der Waals surface area contributed by atoms with E-state index in [4.69, 9.17) is 5.11 Å². The van der Waals surface area contributed by atoms with Gasteiger partial charge < -0.3 is 5.11 Å². The lowest BCUT2D eigenvalue weighted by Gasteiger charge is -2.18. The molecule has 0 aliphatic rings. The molecule has 0 unspecified atom stereocenters. The molecule has 11 heteroatoms. The number of carbonyl (C=O) groups excluding carboxylic acids is 1. The summed E-state index contributed by atoms with van der Waals surface area (Å²) in [7, 11) is -3.59.